The predicted molar refractivity (Wildman–Crippen MR) is 60.0 cm³/mol. The quantitative estimate of drug-likeness (QED) is 0.733. The smallest absolute Gasteiger partial charge is 0.410 e. The van der Waals surface area contributed by atoms with Gasteiger partial charge in [0.25, 0.3) is 0 Å². The first-order chi connectivity index (χ1) is 8.00. The standard InChI is InChI=1S/C11H19F3N2O2/c1-10(2,3)18-9(17)16-6-7(15)4-5-8(16)11(12,13)14/h7-8H,4-6,15H2,1-3H3/t7-,8-/m1/s1. The molecule has 1 aliphatic heterocycles. The average Bonchev–Trinajstić information content (AvgIpc) is 2.12. The monoisotopic (exact) mass is 268 g/mol. The molecule has 0 spiro atoms. The molecule has 0 saturated carbocycles. The number of likely N-dealkylation sites (tertiary alicyclic amines) is 1. The zero-order valence-electron chi connectivity index (χ0n) is 10.8. The van der Waals surface area contributed by atoms with E-state index in [0.29, 0.717) is 4.90 Å². The lowest BCUT2D eigenvalue weighted by Crippen LogP contribution is -2.57. The molecule has 106 valence electrons. The van der Waals surface area contributed by atoms with Crippen molar-refractivity contribution in [3.8, 4) is 0 Å². The highest BCUT2D eigenvalue weighted by atomic mass is 19.4. The molecule has 0 aromatic heterocycles. The number of carbonyl (C=O) groups excluding carboxylic acids is 1. The summed E-state index contributed by atoms with van der Waals surface area (Å²) in [4.78, 5) is 12.5. The van der Waals surface area contributed by atoms with Crippen molar-refractivity contribution in [3.63, 3.8) is 0 Å². The molecule has 1 aliphatic rings. The van der Waals surface area contributed by atoms with Gasteiger partial charge in [0.2, 0.25) is 0 Å². The number of ether oxygens (including phenoxy) is 1. The molecule has 18 heavy (non-hydrogen) atoms. The highest BCUT2D eigenvalue weighted by Gasteiger charge is 2.48. The zero-order valence-corrected chi connectivity index (χ0v) is 10.8. The van der Waals surface area contributed by atoms with E-state index >= 15 is 0 Å². The maximum Gasteiger partial charge on any atom is 0.410 e. The minimum absolute atomic E-state index is 0.126. The lowest BCUT2D eigenvalue weighted by molar-refractivity contribution is -0.188. The van der Waals surface area contributed by atoms with Crippen LogP contribution in [0.1, 0.15) is 33.6 Å². The van der Waals surface area contributed by atoms with E-state index in [2.05, 4.69) is 0 Å². The van der Waals surface area contributed by atoms with Crippen LogP contribution in [0.15, 0.2) is 0 Å². The molecule has 0 aliphatic carbocycles. The third-order valence-corrected chi connectivity index (χ3v) is 2.62. The Bertz CT molecular complexity index is 312. The van der Waals surface area contributed by atoms with Crippen LogP contribution in [0.5, 0.6) is 0 Å². The molecule has 1 saturated heterocycles. The number of rotatable bonds is 0. The Labute approximate surface area is 104 Å². The van der Waals surface area contributed by atoms with Gasteiger partial charge in [-0.1, -0.05) is 0 Å². The van der Waals surface area contributed by atoms with E-state index in [9.17, 15) is 18.0 Å². The van der Waals surface area contributed by atoms with Crippen LogP contribution < -0.4 is 5.73 Å². The summed E-state index contributed by atoms with van der Waals surface area (Å²) in [7, 11) is 0. The first kappa shape index (κ1) is 15.1. The Balaban J connectivity index is 2.82. The number of halogens is 3. The number of hydrogen-bond acceptors (Lipinski definition) is 3. The second kappa shape index (κ2) is 4.95. The Hall–Kier alpha value is -0.980. The average molecular weight is 268 g/mol. The van der Waals surface area contributed by atoms with Crippen LogP contribution in [0.2, 0.25) is 0 Å². The van der Waals surface area contributed by atoms with Crippen LogP contribution in [0.3, 0.4) is 0 Å². The summed E-state index contributed by atoms with van der Waals surface area (Å²) in [6.07, 6.45) is -5.33. The Morgan fingerprint density at radius 1 is 1.28 bits per heavy atom. The van der Waals surface area contributed by atoms with Gasteiger partial charge in [-0.2, -0.15) is 13.2 Å². The van der Waals surface area contributed by atoms with E-state index in [1.54, 1.807) is 20.8 Å². The Morgan fingerprint density at radius 3 is 2.28 bits per heavy atom. The fourth-order valence-corrected chi connectivity index (χ4v) is 1.86. The summed E-state index contributed by atoms with van der Waals surface area (Å²) in [5.74, 6) is 0. The molecule has 1 rings (SSSR count). The van der Waals surface area contributed by atoms with Gasteiger partial charge in [0.05, 0.1) is 0 Å². The Morgan fingerprint density at radius 2 is 1.83 bits per heavy atom. The number of nitrogens with zero attached hydrogens (tertiary/aromatic N) is 1. The Kier molecular flexibility index (Phi) is 4.15. The van der Waals surface area contributed by atoms with Crippen LogP contribution in [-0.2, 0) is 4.74 Å². The fourth-order valence-electron chi connectivity index (χ4n) is 1.86. The minimum Gasteiger partial charge on any atom is -0.444 e. The van der Waals surface area contributed by atoms with Crippen molar-refractivity contribution in [2.24, 2.45) is 5.73 Å². The van der Waals surface area contributed by atoms with Crippen molar-refractivity contribution in [2.45, 2.75) is 57.5 Å². The minimum atomic E-state index is -4.45. The van der Waals surface area contributed by atoms with Gasteiger partial charge in [-0.25, -0.2) is 4.79 Å². The molecule has 1 amide bonds. The van der Waals surface area contributed by atoms with Gasteiger partial charge in [0.1, 0.15) is 11.6 Å². The van der Waals surface area contributed by atoms with E-state index in [0.717, 1.165) is 0 Å². The maximum absolute atomic E-state index is 12.8. The van der Waals surface area contributed by atoms with Crippen molar-refractivity contribution < 1.29 is 22.7 Å². The van der Waals surface area contributed by atoms with Crippen molar-refractivity contribution in [3.05, 3.63) is 0 Å². The molecule has 4 nitrogen and oxygen atoms in total. The van der Waals surface area contributed by atoms with E-state index in [1.807, 2.05) is 0 Å². The third kappa shape index (κ3) is 4.04. The summed E-state index contributed by atoms with van der Waals surface area (Å²) in [6.45, 7) is 4.70. The molecule has 2 N–H and O–H groups in total. The molecular weight excluding hydrogens is 249 g/mol. The molecular formula is C11H19F3N2O2. The number of hydrogen-bond donors (Lipinski definition) is 1. The largest absolute Gasteiger partial charge is 0.444 e. The SMILES string of the molecule is CC(C)(C)OC(=O)N1C[C@H](N)CC[C@@H]1C(F)(F)F. The van der Waals surface area contributed by atoms with Crippen LogP contribution in [-0.4, -0.2) is 41.4 Å². The lowest BCUT2D eigenvalue weighted by atomic mass is 9.99. The molecule has 1 fully saturated rings. The van der Waals surface area contributed by atoms with Crippen molar-refractivity contribution in [2.75, 3.05) is 6.54 Å². The topological polar surface area (TPSA) is 55.6 Å². The number of piperidine rings is 1. The van der Waals surface area contributed by atoms with Gasteiger partial charge in [-0.05, 0) is 33.6 Å². The number of amides is 1. The van der Waals surface area contributed by atoms with Gasteiger partial charge in [0.15, 0.2) is 0 Å². The van der Waals surface area contributed by atoms with Crippen LogP contribution in [0.4, 0.5) is 18.0 Å². The van der Waals surface area contributed by atoms with E-state index in [1.165, 1.54) is 0 Å². The number of nitrogens with two attached hydrogens (primary N) is 1. The zero-order chi connectivity index (χ0) is 14.1. The van der Waals surface area contributed by atoms with Crippen LogP contribution in [0, 0.1) is 0 Å². The van der Waals surface area contributed by atoms with Crippen molar-refractivity contribution in [1.29, 1.82) is 0 Å². The van der Waals surface area contributed by atoms with Gasteiger partial charge < -0.3 is 10.5 Å². The van der Waals surface area contributed by atoms with Crippen LogP contribution in [0.25, 0.3) is 0 Å². The molecule has 1 heterocycles. The summed E-state index contributed by atoms with van der Waals surface area (Å²) in [5, 5.41) is 0. The first-order valence-electron chi connectivity index (χ1n) is 5.82. The van der Waals surface area contributed by atoms with Gasteiger partial charge in [-0.3, -0.25) is 4.90 Å². The second-order valence-corrected chi connectivity index (χ2v) is 5.53. The number of alkyl halides is 3. The normalized spacial score (nSPS) is 26.1. The van der Waals surface area contributed by atoms with E-state index < -0.39 is 30.0 Å². The molecule has 0 radical (unpaired) electrons. The molecule has 0 bridgehead atoms. The highest BCUT2D eigenvalue weighted by molar-refractivity contribution is 5.69. The summed E-state index contributed by atoms with van der Waals surface area (Å²) >= 11 is 0. The summed E-state index contributed by atoms with van der Waals surface area (Å²) in [6, 6.07) is -2.23. The third-order valence-electron chi connectivity index (χ3n) is 2.62. The van der Waals surface area contributed by atoms with Crippen molar-refractivity contribution >= 4 is 6.09 Å². The summed E-state index contributed by atoms with van der Waals surface area (Å²) in [5.41, 5.74) is 4.79. The molecule has 0 aromatic carbocycles. The van der Waals surface area contributed by atoms with E-state index in [-0.39, 0.29) is 19.4 Å². The second-order valence-electron chi connectivity index (χ2n) is 5.53. The van der Waals surface area contributed by atoms with Gasteiger partial charge in [0, 0.05) is 12.6 Å². The molecule has 0 aromatic rings. The molecule has 7 heteroatoms. The predicted octanol–water partition coefficient (Wildman–Crippen LogP) is 2.28. The maximum atomic E-state index is 12.8. The molecule has 2 atom stereocenters. The summed E-state index contributed by atoms with van der Waals surface area (Å²) < 4.78 is 43.4. The molecule has 0 unspecified atom stereocenters. The van der Waals surface area contributed by atoms with Gasteiger partial charge >= 0.3 is 12.3 Å². The number of carbonyl (C=O) groups is 1. The lowest BCUT2D eigenvalue weighted by Gasteiger charge is -2.39. The van der Waals surface area contributed by atoms with Crippen molar-refractivity contribution in [1.82, 2.24) is 4.90 Å². The van der Waals surface area contributed by atoms with E-state index in [4.69, 9.17) is 10.5 Å². The van der Waals surface area contributed by atoms with Gasteiger partial charge in [-0.15, -0.1) is 0 Å². The highest BCUT2D eigenvalue weighted by Crippen LogP contribution is 2.32. The fraction of sp³-hybridized carbons (Fsp3) is 0.909. The van der Waals surface area contributed by atoms with Crippen LogP contribution >= 0.6 is 0 Å². The first-order valence-corrected chi connectivity index (χ1v) is 5.82.